The van der Waals surface area contributed by atoms with Gasteiger partial charge in [0, 0.05) is 28.3 Å². The van der Waals surface area contributed by atoms with Crippen LogP contribution in [0.1, 0.15) is 31.4 Å². The van der Waals surface area contributed by atoms with Crippen LogP contribution in [-0.2, 0) is 17.6 Å². The number of carbonyl (C=O) groups excluding carboxylic acids is 1. The number of aromatic nitrogens is 1. The van der Waals surface area contributed by atoms with Crippen molar-refractivity contribution in [2.24, 2.45) is 5.92 Å². The first-order chi connectivity index (χ1) is 13.6. The van der Waals surface area contributed by atoms with Crippen molar-refractivity contribution in [3.8, 4) is 28.3 Å². The van der Waals surface area contributed by atoms with Crippen molar-refractivity contribution >= 4 is 11.6 Å². The molecule has 0 aliphatic heterocycles. The second kappa shape index (κ2) is 7.50. The molecule has 5 heteroatoms. The molecule has 0 saturated heterocycles. The summed E-state index contributed by atoms with van der Waals surface area (Å²) in [6.45, 7) is 3.94. The molecule has 0 saturated carbocycles. The van der Waals surface area contributed by atoms with Crippen LogP contribution in [0.25, 0.3) is 22.6 Å². The van der Waals surface area contributed by atoms with E-state index in [9.17, 15) is 4.79 Å². The maximum Gasteiger partial charge on any atom is 0.227 e. The lowest BCUT2D eigenvalue weighted by Crippen LogP contribution is -2.19. The molecule has 1 aliphatic carbocycles. The molecule has 0 spiro atoms. The molecule has 0 radical (unpaired) electrons. The molecule has 0 bridgehead atoms. The van der Waals surface area contributed by atoms with Crippen LogP contribution >= 0.6 is 0 Å². The maximum atomic E-state index is 12.1. The van der Waals surface area contributed by atoms with Gasteiger partial charge in [-0.1, -0.05) is 19.0 Å². The lowest BCUT2D eigenvalue weighted by Gasteiger charge is -2.16. The zero-order valence-electron chi connectivity index (χ0n) is 16.4. The number of fused-ring (bicyclic) bond motifs is 3. The van der Waals surface area contributed by atoms with Crippen molar-refractivity contribution in [1.29, 1.82) is 0 Å². The number of hydrogen-bond donors (Lipinski definition) is 1. The smallest absolute Gasteiger partial charge is 0.227 e. The molecule has 0 unspecified atom stereocenters. The van der Waals surface area contributed by atoms with Crippen molar-refractivity contribution in [2.75, 3.05) is 12.4 Å². The Morgan fingerprint density at radius 3 is 2.71 bits per heavy atom. The number of methoxy groups -OCH3 is 1. The van der Waals surface area contributed by atoms with Crippen LogP contribution < -0.4 is 10.1 Å². The average molecular weight is 376 g/mol. The van der Waals surface area contributed by atoms with E-state index in [-0.39, 0.29) is 11.8 Å². The second-order valence-corrected chi connectivity index (χ2v) is 7.24. The summed E-state index contributed by atoms with van der Waals surface area (Å²) in [5, 5.41) is 7.30. The number of nitrogens with zero attached hydrogens (tertiary/aromatic N) is 1. The molecule has 28 heavy (non-hydrogen) atoms. The molecular weight excluding hydrogens is 352 g/mol. The van der Waals surface area contributed by atoms with Crippen LogP contribution in [0.5, 0.6) is 5.75 Å². The van der Waals surface area contributed by atoms with Gasteiger partial charge in [0.15, 0.2) is 5.76 Å². The first kappa shape index (κ1) is 18.3. The Labute approximate surface area is 164 Å². The Bertz CT molecular complexity index is 1010. The zero-order valence-corrected chi connectivity index (χ0v) is 16.4. The minimum Gasteiger partial charge on any atom is -0.497 e. The number of nitrogens with one attached hydrogen (secondary N) is 1. The van der Waals surface area contributed by atoms with Crippen molar-refractivity contribution in [2.45, 2.75) is 33.1 Å². The molecule has 3 aromatic rings. The fraction of sp³-hybridized carbons (Fsp3) is 0.304. The third-order valence-corrected chi connectivity index (χ3v) is 5.47. The predicted molar refractivity (Wildman–Crippen MR) is 109 cm³/mol. The van der Waals surface area contributed by atoms with Crippen LogP contribution in [0.2, 0.25) is 0 Å². The Morgan fingerprint density at radius 1 is 1.21 bits per heavy atom. The summed E-state index contributed by atoms with van der Waals surface area (Å²) < 4.78 is 11.1. The predicted octanol–water partition coefficient (Wildman–Crippen LogP) is 5.10. The summed E-state index contributed by atoms with van der Waals surface area (Å²) in [5.74, 6) is 1.70. The van der Waals surface area contributed by atoms with Gasteiger partial charge in [-0.2, -0.15) is 0 Å². The van der Waals surface area contributed by atoms with Crippen molar-refractivity contribution in [3.05, 3.63) is 53.6 Å². The molecule has 1 atom stereocenters. The highest BCUT2D eigenvalue weighted by atomic mass is 16.5. The zero-order chi connectivity index (χ0) is 19.7. The summed E-state index contributed by atoms with van der Waals surface area (Å²) >= 11 is 0. The van der Waals surface area contributed by atoms with E-state index in [1.54, 1.807) is 7.11 Å². The Balaban J connectivity index is 1.60. The van der Waals surface area contributed by atoms with E-state index in [4.69, 9.17) is 9.26 Å². The molecule has 4 rings (SSSR count). The Kier molecular flexibility index (Phi) is 4.90. The van der Waals surface area contributed by atoms with Gasteiger partial charge in [0.05, 0.1) is 7.11 Å². The number of hydrogen-bond acceptors (Lipinski definition) is 4. The van der Waals surface area contributed by atoms with E-state index in [0.717, 1.165) is 58.8 Å². The van der Waals surface area contributed by atoms with Crippen molar-refractivity contribution in [3.63, 3.8) is 0 Å². The van der Waals surface area contributed by atoms with Crippen LogP contribution in [0.3, 0.4) is 0 Å². The lowest BCUT2D eigenvalue weighted by molar-refractivity contribution is -0.119. The highest BCUT2D eigenvalue weighted by Gasteiger charge is 2.25. The van der Waals surface area contributed by atoms with Gasteiger partial charge < -0.3 is 14.6 Å². The highest BCUT2D eigenvalue weighted by Crippen LogP contribution is 2.39. The van der Waals surface area contributed by atoms with Gasteiger partial charge in [0.2, 0.25) is 5.91 Å². The standard InChI is InChI=1S/C23H24N2O3/c1-4-14(2)23(26)24-17-8-5-15(6-9-17)22-20-11-7-16-13-18(27-3)10-12-19(16)21(20)25-28-22/h5-6,8-10,12-14H,4,7,11H2,1-3H3,(H,24,26)/t14-/m1/s1. The Morgan fingerprint density at radius 2 is 2.00 bits per heavy atom. The summed E-state index contributed by atoms with van der Waals surface area (Å²) in [6.07, 6.45) is 2.62. The van der Waals surface area contributed by atoms with Crippen LogP contribution in [0.15, 0.2) is 47.0 Å². The first-order valence-electron chi connectivity index (χ1n) is 9.67. The molecular formula is C23H24N2O3. The summed E-state index contributed by atoms with van der Waals surface area (Å²) in [6, 6.07) is 13.8. The van der Waals surface area contributed by atoms with E-state index < -0.39 is 0 Å². The van der Waals surface area contributed by atoms with E-state index in [0.29, 0.717) is 0 Å². The number of carbonyl (C=O) groups is 1. The molecule has 1 aromatic heterocycles. The van der Waals surface area contributed by atoms with E-state index >= 15 is 0 Å². The van der Waals surface area contributed by atoms with Crippen LogP contribution in [0.4, 0.5) is 5.69 Å². The van der Waals surface area contributed by atoms with Crippen molar-refractivity contribution in [1.82, 2.24) is 5.16 Å². The monoisotopic (exact) mass is 376 g/mol. The molecule has 0 fully saturated rings. The maximum absolute atomic E-state index is 12.1. The quantitative estimate of drug-likeness (QED) is 0.673. The van der Waals surface area contributed by atoms with Gasteiger partial charge in [0.1, 0.15) is 11.4 Å². The summed E-state index contributed by atoms with van der Waals surface area (Å²) in [4.78, 5) is 12.1. The third kappa shape index (κ3) is 3.28. The number of anilines is 1. The second-order valence-electron chi connectivity index (χ2n) is 7.24. The molecule has 1 amide bonds. The lowest BCUT2D eigenvalue weighted by atomic mass is 9.88. The number of benzene rings is 2. The minimum absolute atomic E-state index is 0.000313. The molecule has 1 heterocycles. The average Bonchev–Trinajstić information content (AvgIpc) is 3.17. The molecule has 2 aromatic carbocycles. The largest absolute Gasteiger partial charge is 0.497 e. The topological polar surface area (TPSA) is 64.4 Å². The van der Waals surface area contributed by atoms with Crippen molar-refractivity contribution < 1.29 is 14.1 Å². The van der Waals surface area contributed by atoms with Gasteiger partial charge >= 0.3 is 0 Å². The van der Waals surface area contributed by atoms with Gasteiger partial charge in [-0.05, 0) is 67.3 Å². The summed E-state index contributed by atoms with van der Waals surface area (Å²) in [5.41, 5.74) is 6.14. The fourth-order valence-electron chi connectivity index (χ4n) is 3.53. The molecule has 1 N–H and O–H groups in total. The number of aryl methyl sites for hydroxylation is 1. The van der Waals surface area contributed by atoms with E-state index in [1.165, 1.54) is 5.56 Å². The van der Waals surface area contributed by atoms with Crippen LogP contribution in [-0.4, -0.2) is 18.2 Å². The van der Waals surface area contributed by atoms with E-state index in [2.05, 4.69) is 16.5 Å². The van der Waals surface area contributed by atoms with Gasteiger partial charge in [-0.15, -0.1) is 0 Å². The SMILES string of the molecule is CC[C@@H](C)C(=O)Nc1ccc(-c2onc3c2CCc2cc(OC)ccc2-3)cc1. The normalized spacial score (nSPS) is 13.4. The molecule has 5 nitrogen and oxygen atoms in total. The fourth-order valence-corrected chi connectivity index (χ4v) is 3.53. The highest BCUT2D eigenvalue weighted by molar-refractivity contribution is 5.92. The number of ether oxygens (including phenoxy) is 1. The molecule has 144 valence electrons. The molecule has 1 aliphatic rings. The summed E-state index contributed by atoms with van der Waals surface area (Å²) in [7, 11) is 1.68. The van der Waals surface area contributed by atoms with E-state index in [1.807, 2.05) is 50.2 Å². The Hall–Kier alpha value is -3.08. The minimum atomic E-state index is -0.000313. The third-order valence-electron chi connectivity index (χ3n) is 5.47. The van der Waals surface area contributed by atoms with Gasteiger partial charge in [-0.3, -0.25) is 4.79 Å². The van der Waals surface area contributed by atoms with Crippen LogP contribution in [0, 0.1) is 5.92 Å². The number of amides is 1. The number of rotatable bonds is 5. The van der Waals surface area contributed by atoms with Gasteiger partial charge in [0.25, 0.3) is 0 Å². The first-order valence-corrected chi connectivity index (χ1v) is 9.67. The van der Waals surface area contributed by atoms with Gasteiger partial charge in [-0.25, -0.2) is 0 Å².